The Kier molecular flexibility index (Phi) is 3.94. The van der Waals surface area contributed by atoms with Crippen LogP contribution in [0.2, 0.25) is 0 Å². The van der Waals surface area contributed by atoms with Crippen molar-refractivity contribution < 1.29 is 9.53 Å². The second-order valence-electron chi connectivity index (χ2n) is 3.62. The van der Waals surface area contributed by atoms with Crippen LogP contribution in [0.25, 0.3) is 0 Å². The van der Waals surface area contributed by atoms with Gasteiger partial charge >= 0.3 is 5.97 Å². The molecular weight excluding hydrogens is 296 g/mol. The van der Waals surface area contributed by atoms with Crippen LogP contribution < -0.4 is 5.73 Å². The van der Waals surface area contributed by atoms with Crippen LogP contribution >= 0.6 is 15.9 Å². The Hall–Kier alpha value is -1.88. The van der Waals surface area contributed by atoms with Gasteiger partial charge in [0.2, 0.25) is 0 Å². The summed E-state index contributed by atoms with van der Waals surface area (Å²) in [5.41, 5.74) is 6.61. The molecule has 2 aromatic rings. The first-order valence-corrected chi connectivity index (χ1v) is 6.09. The maximum Gasteiger partial charge on any atom is 0.357 e. The third kappa shape index (κ3) is 3.07. The van der Waals surface area contributed by atoms with Gasteiger partial charge in [0.1, 0.15) is 12.4 Å². The zero-order valence-electron chi connectivity index (χ0n) is 9.47. The molecule has 0 bridgehead atoms. The van der Waals surface area contributed by atoms with Crippen molar-refractivity contribution in [3.8, 4) is 0 Å². The number of anilines is 1. The number of carbonyl (C=O) groups is 1. The summed E-state index contributed by atoms with van der Waals surface area (Å²) in [6.45, 7) is 0.191. The van der Waals surface area contributed by atoms with Crippen LogP contribution in [0, 0.1) is 0 Å². The molecule has 0 amide bonds. The predicted octanol–water partition coefficient (Wildman–Crippen LogP) is 2.78. The van der Waals surface area contributed by atoms with E-state index < -0.39 is 5.97 Å². The summed E-state index contributed by atoms with van der Waals surface area (Å²) < 4.78 is 6.06. The lowest BCUT2D eigenvalue weighted by Gasteiger charge is -2.06. The largest absolute Gasteiger partial charge is 0.456 e. The lowest BCUT2D eigenvalue weighted by molar-refractivity contribution is 0.0465. The summed E-state index contributed by atoms with van der Waals surface area (Å²) in [5, 5.41) is 0. The molecule has 0 saturated carbocycles. The number of ether oxygens (including phenoxy) is 1. The highest BCUT2D eigenvalue weighted by Gasteiger charge is 2.09. The lowest BCUT2D eigenvalue weighted by Crippen LogP contribution is -2.08. The summed E-state index contributed by atoms with van der Waals surface area (Å²) in [6, 6.07) is 12.4. The first-order valence-electron chi connectivity index (χ1n) is 5.30. The summed E-state index contributed by atoms with van der Waals surface area (Å²) in [4.78, 5) is 15.6. The summed E-state index contributed by atoms with van der Waals surface area (Å²) in [6.07, 6.45) is 0. The molecule has 1 heterocycles. The molecule has 0 aliphatic rings. The van der Waals surface area contributed by atoms with E-state index in [9.17, 15) is 4.79 Å². The molecule has 0 aliphatic heterocycles. The average Bonchev–Trinajstić information content (AvgIpc) is 2.37. The minimum atomic E-state index is -0.488. The molecule has 0 atom stereocenters. The highest BCUT2D eigenvalue weighted by atomic mass is 79.9. The third-order valence-corrected chi connectivity index (χ3v) is 3.07. The van der Waals surface area contributed by atoms with Crippen molar-refractivity contribution in [2.75, 3.05) is 5.73 Å². The minimum Gasteiger partial charge on any atom is -0.456 e. The van der Waals surface area contributed by atoms with E-state index in [2.05, 4.69) is 20.9 Å². The zero-order chi connectivity index (χ0) is 13.0. The smallest absolute Gasteiger partial charge is 0.357 e. The number of nitrogen functional groups attached to an aromatic ring is 1. The number of nitrogens with zero attached hydrogens (tertiary/aromatic N) is 1. The molecule has 0 aliphatic carbocycles. The first kappa shape index (κ1) is 12.6. The van der Waals surface area contributed by atoms with E-state index in [0.717, 1.165) is 10.0 Å². The van der Waals surface area contributed by atoms with Gasteiger partial charge < -0.3 is 10.5 Å². The van der Waals surface area contributed by atoms with E-state index in [4.69, 9.17) is 10.5 Å². The molecule has 1 aromatic carbocycles. The van der Waals surface area contributed by atoms with Gasteiger partial charge in [-0.15, -0.1) is 0 Å². The van der Waals surface area contributed by atoms with E-state index in [0.29, 0.717) is 5.82 Å². The molecule has 0 fully saturated rings. The molecule has 1 aromatic heterocycles. The monoisotopic (exact) mass is 306 g/mol. The SMILES string of the molecule is Nc1cccc(C(=O)OCc2ccccc2Br)n1. The number of hydrogen-bond donors (Lipinski definition) is 1. The van der Waals surface area contributed by atoms with Gasteiger partial charge in [-0.25, -0.2) is 9.78 Å². The van der Waals surface area contributed by atoms with Gasteiger partial charge in [0.05, 0.1) is 0 Å². The van der Waals surface area contributed by atoms with Gasteiger partial charge in [0.25, 0.3) is 0 Å². The lowest BCUT2D eigenvalue weighted by atomic mass is 10.2. The van der Waals surface area contributed by atoms with Crippen LogP contribution in [0.3, 0.4) is 0 Å². The highest BCUT2D eigenvalue weighted by molar-refractivity contribution is 9.10. The fourth-order valence-corrected chi connectivity index (χ4v) is 1.80. The molecular formula is C13H11BrN2O2. The van der Waals surface area contributed by atoms with Gasteiger partial charge in [0, 0.05) is 10.0 Å². The quantitative estimate of drug-likeness (QED) is 0.886. The van der Waals surface area contributed by atoms with Gasteiger partial charge in [0.15, 0.2) is 5.69 Å². The van der Waals surface area contributed by atoms with Crippen molar-refractivity contribution in [1.82, 2.24) is 4.98 Å². The molecule has 4 nitrogen and oxygen atoms in total. The van der Waals surface area contributed by atoms with E-state index in [1.807, 2.05) is 24.3 Å². The molecule has 5 heteroatoms. The van der Waals surface area contributed by atoms with Crippen LogP contribution in [0.5, 0.6) is 0 Å². The number of halogens is 1. The Morgan fingerprint density at radius 2 is 2.00 bits per heavy atom. The molecule has 0 spiro atoms. The number of carbonyl (C=O) groups excluding carboxylic acids is 1. The Labute approximate surface area is 113 Å². The summed E-state index contributed by atoms with van der Waals surface area (Å²) in [5.74, 6) is -0.191. The second-order valence-corrected chi connectivity index (χ2v) is 4.47. The summed E-state index contributed by atoms with van der Waals surface area (Å²) >= 11 is 3.39. The van der Waals surface area contributed by atoms with Crippen molar-refractivity contribution in [3.63, 3.8) is 0 Å². The van der Waals surface area contributed by atoms with Gasteiger partial charge in [-0.2, -0.15) is 0 Å². The number of aromatic nitrogens is 1. The average molecular weight is 307 g/mol. The molecule has 0 radical (unpaired) electrons. The van der Waals surface area contributed by atoms with Crippen molar-refractivity contribution >= 4 is 27.7 Å². The Balaban J connectivity index is 2.03. The van der Waals surface area contributed by atoms with Gasteiger partial charge in [-0.3, -0.25) is 0 Å². The van der Waals surface area contributed by atoms with Gasteiger partial charge in [-0.05, 0) is 18.2 Å². The maximum absolute atomic E-state index is 11.7. The fourth-order valence-electron chi connectivity index (χ4n) is 1.40. The van der Waals surface area contributed by atoms with Crippen LogP contribution in [0.4, 0.5) is 5.82 Å². The Bertz CT molecular complexity index is 572. The van der Waals surface area contributed by atoms with Crippen LogP contribution in [-0.2, 0) is 11.3 Å². The molecule has 0 unspecified atom stereocenters. The number of benzene rings is 1. The molecule has 2 N–H and O–H groups in total. The third-order valence-electron chi connectivity index (χ3n) is 2.30. The molecule has 92 valence electrons. The number of nitrogens with two attached hydrogens (primary N) is 1. The van der Waals surface area contributed by atoms with Crippen LogP contribution in [-0.4, -0.2) is 11.0 Å². The summed E-state index contributed by atoms with van der Waals surface area (Å²) in [7, 11) is 0. The normalized spacial score (nSPS) is 10.1. The van der Waals surface area contributed by atoms with E-state index in [1.54, 1.807) is 18.2 Å². The number of pyridine rings is 1. The van der Waals surface area contributed by atoms with E-state index in [-0.39, 0.29) is 12.3 Å². The Morgan fingerprint density at radius 1 is 1.22 bits per heavy atom. The predicted molar refractivity (Wildman–Crippen MR) is 71.9 cm³/mol. The number of rotatable bonds is 3. The number of hydrogen-bond acceptors (Lipinski definition) is 4. The van der Waals surface area contributed by atoms with Crippen molar-refractivity contribution in [3.05, 3.63) is 58.2 Å². The van der Waals surface area contributed by atoms with Crippen LogP contribution in [0.15, 0.2) is 46.9 Å². The minimum absolute atomic E-state index is 0.191. The van der Waals surface area contributed by atoms with Gasteiger partial charge in [-0.1, -0.05) is 40.2 Å². The highest BCUT2D eigenvalue weighted by Crippen LogP contribution is 2.17. The van der Waals surface area contributed by atoms with Crippen molar-refractivity contribution in [2.45, 2.75) is 6.61 Å². The van der Waals surface area contributed by atoms with E-state index in [1.165, 1.54) is 0 Å². The Morgan fingerprint density at radius 3 is 2.72 bits per heavy atom. The second kappa shape index (κ2) is 5.64. The number of esters is 1. The standard InChI is InChI=1S/C13H11BrN2O2/c14-10-5-2-1-4-9(10)8-18-13(17)11-6-3-7-12(15)16-11/h1-7H,8H2,(H2,15,16). The van der Waals surface area contributed by atoms with Crippen molar-refractivity contribution in [1.29, 1.82) is 0 Å². The fraction of sp³-hybridized carbons (Fsp3) is 0.0769. The zero-order valence-corrected chi connectivity index (χ0v) is 11.1. The topological polar surface area (TPSA) is 65.2 Å². The first-order chi connectivity index (χ1) is 8.66. The van der Waals surface area contributed by atoms with E-state index >= 15 is 0 Å². The van der Waals surface area contributed by atoms with Crippen molar-refractivity contribution in [2.24, 2.45) is 0 Å². The molecule has 0 saturated heterocycles. The maximum atomic E-state index is 11.7. The molecule has 18 heavy (non-hydrogen) atoms. The van der Waals surface area contributed by atoms with Crippen LogP contribution in [0.1, 0.15) is 16.1 Å². The molecule has 2 rings (SSSR count).